The first kappa shape index (κ1) is 21.3. The van der Waals surface area contributed by atoms with Crippen molar-refractivity contribution >= 4 is 17.7 Å². The summed E-state index contributed by atoms with van der Waals surface area (Å²) in [5, 5.41) is 12.0. The summed E-state index contributed by atoms with van der Waals surface area (Å²) in [4.78, 5) is 12.4. The van der Waals surface area contributed by atoms with Gasteiger partial charge in [0.25, 0.3) is 5.91 Å². The third kappa shape index (κ3) is 5.72. The lowest BCUT2D eigenvalue weighted by molar-refractivity contribution is -0.112. The molecule has 0 atom stereocenters. The van der Waals surface area contributed by atoms with Crippen LogP contribution in [-0.4, -0.2) is 19.6 Å². The number of rotatable bonds is 8. The SMILES string of the molecule is C#CCOc1c(CC=C)cc(/C=C(\C#N)C(=O)Nc2ccc(F)cc2)cc1OC. The molecule has 0 aliphatic carbocycles. The molecule has 0 fully saturated rings. The monoisotopic (exact) mass is 390 g/mol. The fourth-order valence-electron chi connectivity index (χ4n) is 2.55. The lowest BCUT2D eigenvalue weighted by Gasteiger charge is -2.14. The Morgan fingerprint density at radius 1 is 1.34 bits per heavy atom. The molecule has 2 aromatic rings. The number of benzene rings is 2. The Bertz CT molecular complexity index is 1010. The predicted molar refractivity (Wildman–Crippen MR) is 110 cm³/mol. The van der Waals surface area contributed by atoms with E-state index in [4.69, 9.17) is 15.9 Å². The summed E-state index contributed by atoms with van der Waals surface area (Å²) in [5.41, 5.74) is 1.56. The van der Waals surface area contributed by atoms with Gasteiger partial charge < -0.3 is 14.8 Å². The molecule has 2 aromatic carbocycles. The summed E-state index contributed by atoms with van der Waals surface area (Å²) >= 11 is 0. The Morgan fingerprint density at radius 3 is 2.66 bits per heavy atom. The molecule has 1 N–H and O–H groups in total. The van der Waals surface area contributed by atoms with E-state index in [0.29, 0.717) is 29.2 Å². The van der Waals surface area contributed by atoms with Crippen LogP contribution in [0.1, 0.15) is 11.1 Å². The van der Waals surface area contributed by atoms with Crippen LogP contribution < -0.4 is 14.8 Å². The predicted octanol–water partition coefficient (Wildman–Crippen LogP) is 4.12. The van der Waals surface area contributed by atoms with E-state index in [1.54, 1.807) is 18.2 Å². The van der Waals surface area contributed by atoms with Crippen molar-refractivity contribution in [1.82, 2.24) is 0 Å². The van der Waals surface area contributed by atoms with Crippen LogP contribution in [0.15, 0.2) is 54.6 Å². The number of hydrogen-bond acceptors (Lipinski definition) is 4. The van der Waals surface area contributed by atoms with Crippen molar-refractivity contribution < 1.29 is 18.7 Å². The Morgan fingerprint density at radius 2 is 2.07 bits per heavy atom. The molecule has 0 radical (unpaired) electrons. The molecule has 1 amide bonds. The van der Waals surface area contributed by atoms with Gasteiger partial charge in [-0.3, -0.25) is 4.79 Å². The molecule has 0 heterocycles. The first-order valence-electron chi connectivity index (χ1n) is 8.59. The van der Waals surface area contributed by atoms with Crippen molar-refractivity contribution in [3.63, 3.8) is 0 Å². The summed E-state index contributed by atoms with van der Waals surface area (Å²) in [6, 6.07) is 10.5. The second-order valence-electron chi connectivity index (χ2n) is 5.83. The molecule has 6 heteroatoms. The van der Waals surface area contributed by atoms with Gasteiger partial charge >= 0.3 is 0 Å². The number of nitrogens with zero attached hydrogens (tertiary/aromatic N) is 1. The molecule has 5 nitrogen and oxygen atoms in total. The van der Waals surface area contributed by atoms with Crippen molar-refractivity contribution in [1.29, 1.82) is 5.26 Å². The maximum atomic E-state index is 13.0. The molecule has 0 aliphatic rings. The number of anilines is 1. The zero-order valence-corrected chi connectivity index (χ0v) is 15.9. The smallest absolute Gasteiger partial charge is 0.266 e. The number of ether oxygens (including phenoxy) is 2. The van der Waals surface area contributed by atoms with Crippen LogP contribution in [0.5, 0.6) is 11.5 Å². The highest BCUT2D eigenvalue weighted by atomic mass is 19.1. The van der Waals surface area contributed by atoms with Crippen LogP contribution in [-0.2, 0) is 11.2 Å². The lowest BCUT2D eigenvalue weighted by Crippen LogP contribution is -2.13. The van der Waals surface area contributed by atoms with Gasteiger partial charge in [-0.15, -0.1) is 13.0 Å². The van der Waals surface area contributed by atoms with Gasteiger partial charge in [0, 0.05) is 11.3 Å². The molecule has 0 aliphatic heterocycles. The molecule has 0 spiro atoms. The lowest BCUT2D eigenvalue weighted by atomic mass is 10.0. The molecular weight excluding hydrogens is 371 g/mol. The highest BCUT2D eigenvalue weighted by molar-refractivity contribution is 6.09. The minimum atomic E-state index is -0.615. The number of nitrogens with one attached hydrogen (secondary N) is 1. The number of methoxy groups -OCH3 is 1. The summed E-state index contributed by atoms with van der Waals surface area (Å²) in [6.07, 6.45) is 8.86. The molecule has 146 valence electrons. The van der Waals surface area contributed by atoms with Crippen LogP contribution in [0, 0.1) is 29.5 Å². The van der Waals surface area contributed by atoms with Gasteiger partial charge in [-0.25, -0.2) is 4.39 Å². The maximum Gasteiger partial charge on any atom is 0.266 e. The van der Waals surface area contributed by atoms with Crippen molar-refractivity contribution in [2.24, 2.45) is 0 Å². The van der Waals surface area contributed by atoms with Crippen LogP contribution in [0.25, 0.3) is 6.08 Å². The molecule has 0 unspecified atom stereocenters. The largest absolute Gasteiger partial charge is 0.493 e. The Labute approximate surface area is 169 Å². The van der Waals surface area contributed by atoms with Crippen LogP contribution >= 0.6 is 0 Å². The molecule has 0 aromatic heterocycles. The third-order valence-electron chi connectivity index (χ3n) is 3.82. The Balaban J connectivity index is 2.38. The molecule has 29 heavy (non-hydrogen) atoms. The minimum Gasteiger partial charge on any atom is -0.493 e. The number of amides is 1. The second-order valence-corrected chi connectivity index (χ2v) is 5.83. The third-order valence-corrected chi connectivity index (χ3v) is 3.82. The zero-order valence-electron chi connectivity index (χ0n) is 15.9. The fraction of sp³-hybridized carbons (Fsp3) is 0.130. The van der Waals surface area contributed by atoms with Crippen molar-refractivity contribution in [2.45, 2.75) is 6.42 Å². The van der Waals surface area contributed by atoms with E-state index in [9.17, 15) is 14.4 Å². The average Bonchev–Trinajstić information content (AvgIpc) is 2.72. The molecule has 0 saturated carbocycles. The van der Waals surface area contributed by atoms with Crippen LogP contribution in [0.4, 0.5) is 10.1 Å². The standard InChI is InChI=1S/C23H19FN2O3/c1-4-6-17-12-16(14-21(28-3)22(17)29-11-5-2)13-18(15-25)23(27)26-20-9-7-19(24)8-10-20/h2,4,7-10,12-14H,1,6,11H2,3H3,(H,26,27)/b18-13+. The average molecular weight is 390 g/mol. The van der Waals surface area contributed by atoms with Gasteiger partial charge in [0.15, 0.2) is 11.5 Å². The van der Waals surface area contributed by atoms with E-state index in [1.165, 1.54) is 37.5 Å². The number of carbonyl (C=O) groups is 1. The van der Waals surface area contributed by atoms with E-state index in [2.05, 4.69) is 17.8 Å². The van der Waals surface area contributed by atoms with E-state index in [1.807, 2.05) is 6.07 Å². The quantitative estimate of drug-likeness (QED) is 0.319. The van der Waals surface area contributed by atoms with Gasteiger partial charge in [-0.05, 0) is 54.5 Å². The summed E-state index contributed by atoms with van der Waals surface area (Å²) in [6.45, 7) is 3.79. The zero-order chi connectivity index (χ0) is 21.2. The van der Waals surface area contributed by atoms with Gasteiger partial charge in [0.05, 0.1) is 7.11 Å². The summed E-state index contributed by atoms with van der Waals surface area (Å²) in [7, 11) is 1.48. The van der Waals surface area contributed by atoms with Gasteiger partial charge in [0.1, 0.15) is 24.1 Å². The van der Waals surface area contributed by atoms with Gasteiger partial charge in [0.2, 0.25) is 0 Å². The van der Waals surface area contributed by atoms with E-state index in [0.717, 1.165) is 5.56 Å². The molecule has 0 saturated heterocycles. The highest BCUT2D eigenvalue weighted by Gasteiger charge is 2.14. The van der Waals surface area contributed by atoms with Crippen LogP contribution in [0.2, 0.25) is 0 Å². The van der Waals surface area contributed by atoms with E-state index in [-0.39, 0.29) is 12.2 Å². The van der Waals surface area contributed by atoms with Gasteiger partial charge in [-0.2, -0.15) is 5.26 Å². The molecule has 2 rings (SSSR count). The van der Waals surface area contributed by atoms with Crippen molar-refractivity contribution in [2.75, 3.05) is 19.0 Å². The number of hydrogen-bond donors (Lipinski definition) is 1. The number of carbonyl (C=O) groups excluding carboxylic acids is 1. The topological polar surface area (TPSA) is 71.3 Å². The molecule has 0 bridgehead atoms. The van der Waals surface area contributed by atoms with Crippen LogP contribution in [0.3, 0.4) is 0 Å². The minimum absolute atomic E-state index is 0.0687. The first-order valence-corrected chi connectivity index (χ1v) is 8.59. The number of terminal acetylenes is 1. The number of halogens is 1. The second kappa shape index (κ2) is 10.3. The van der Waals surface area contributed by atoms with Gasteiger partial charge in [-0.1, -0.05) is 12.0 Å². The first-order chi connectivity index (χ1) is 14.0. The summed E-state index contributed by atoms with van der Waals surface area (Å²) < 4.78 is 24.0. The van der Waals surface area contributed by atoms with Crippen molar-refractivity contribution in [3.8, 4) is 29.9 Å². The maximum absolute atomic E-state index is 13.0. The Kier molecular flexibility index (Phi) is 7.59. The van der Waals surface area contributed by atoms with Crippen molar-refractivity contribution in [3.05, 3.63) is 71.6 Å². The normalized spacial score (nSPS) is 10.4. The number of nitriles is 1. The van der Waals surface area contributed by atoms with E-state index >= 15 is 0 Å². The highest BCUT2D eigenvalue weighted by Crippen LogP contribution is 2.34. The fourth-order valence-corrected chi connectivity index (χ4v) is 2.55. The molecular formula is C23H19FN2O3. The van der Waals surface area contributed by atoms with E-state index < -0.39 is 11.7 Å². The Hall–Kier alpha value is -4.03. The summed E-state index contributed by atoms with van der Waals surface area (Å²) in [5.74, 6) is 2.26. The number of allylic oxidation sites excluding steroid dienone is 1.